The van der Waals surface area contributed by atoms with Gasteiger partial charge < -0.3 is 18.9 Å². The molecule has 32 heavy (non-hydrogen) atoms. The topological polar surface area (TPSA) is 54.0 Å². The van der Waals surface area contributed by atoms with Gasteiger partial charge in [0.05, 0.1) is 14.2 Å². The van der Waals surface area contributed by atoms with Crippen LogP contribution in [0.3, 0.4) is 0 Å². The lowest BCUT2D eigenvalue weighted by Gasteiger charge is -2.38. The molecule has 1 saturated heterocycles. The Balaban J connectivity index is 1.51. The zero-order valence-corrected chi connectivity index (χ0v) is 18.9. The highest BCUT2D eigenvalue weighted by Gasteiger charge is 2.51. The van der Waals surface area contributed by atoms with E-state index in [2.05, 4.69) is 31.2 Å². The van der Waals surface area contributed by atoms with Crippen molar-refractivity contribution in [2.24, 2.45) is 11.8 Å². The van der Waals surface area contributed by atoms with Crippen LogP contribution >= 0.6 is 0 Å². The van der Waals surface area contributed by atoms with Crippen molar-refractivity contribution < 1.29 is 23.7 Å². The van der Waals surface area contributed by atoms with Crippen molar-refractivity contribution in [3.05, 3.63) is 77.6 Å². The molecule has 0 N–H and O–H groups in total. The molecule has 2 aromatic carbocycles. The predicted octanol–water partition coefficient (Wildman–Crippen LogP) is 5.20. The van der Waals surface area contributed by atoms with Crippen LogP contribution < -0.4 is 9.47 Å². The first-order valence-corrected chi connectivity index (χ1v) is 11.0. The van der Waals surface area contributed by atoms with Crippen LogP contribution in [0.2, 0.25) is 0 Å². The number of carbonyl (C=O) groups is 1. The van der Waals surface area contributed by atoms with Crippen LogP contribution in [0.1, 0.15) is 30.9 Å². The van der Waals surface area contributed by atoms with Gasteiger partial charge in [-0.1, -0.05) is 55.5 Å². The van der Waals surface area contributed by atoms with Gasteiger partial charge in [0.15, 0.2) is 24.1 Å². The van der Waals surface area contributed by atoms with Crippen molar-refractivity contribution in [2.45, 2.75) is 31.8 Å². The van der Waals surface area contributed by atoms with E-state index in [0.717, 1.165) is 17.5 Å². The summed E-state index contributed by atoms with van der Waals surface area (Å²) >= 11 is 0. The number of benzene rings is 2. The third-order valence-electron chi connectivity index (χ3n) is 6.49. The third-order valence-corrected chi connectivity index (χ3v) is 6.49. The minimum absolute atomic E-state index is 0.108. The molecule has 1 heterocycles. The van der Waals surface area contributed by atoms with Crippen LogP contribution in [0.4, 0.5) is 0 Å². The van der Waals surface area contributed by atoms with Gasteiger partial charge in [-0.2, -0.15) is 0 Å². The van der Waals surface area contributed by atoms with Gasteiger partial charge in [-0.15, -0.1) is 0 Å². The highest BCUT2D eigenvalue weighted by molar-refractivity contribution is 5.94. The van der Waals surface area contributed by atoms with E-state index in [1.165, 1.54) is 0 Å². The molecule has 5 heteroatoms. The number of fused-ring (bicyclic) bond motifs is 1. The lowest BCUT2D eigenvalue weighted by Crippen LogP contribution is -2.44. The summed E-state index contributed by atoms with van der Waals surface area (Å²) in [5.41, 5.74) is 1.66. The molecule has 0 spiro atoms. The summed E-state index contributed by atoms with van der Waals surface area (Å²) < 4.78 is 22.8. The van der Waals surface area contributed by atoms with Crippen LogP contribution in [0.25, 0.3) is 6.08 Å². The van der Waals surface area contributed by atoms with E-state index in [1.54, 1.807) is 20.3 Å². The minimum Gasteiger partial charge on any atom is -0.493 e. The zero-order chi connectivity index (χ0) is 22.6. The molecule has 0 aromatic heterocycles. The molecular formula is C27H30O5. The molecule has 168 valence electrons. The van der Waals surface area contributed by atoms with Crippen LogP contribution in [-0.4, -0.2) is 32.4 Å². The SMILES string of the molecule is COc1ccc(C[C@H](C)[C@]23C[C@H](CC=Cc4ccccc4)C(=O)C=C2OCO3)cc1OC. The van der Waals surface area contributed by atoms with Crippen LogP contribution in [0.15, 0.2) is 66.4 Å². The van der Waals surface area contributed by atoms with Gasteiger partial charge in [-0.25, -0.2) is 0 Å². The van der Waals surface area contributed by atoms with Crippen molar-refractivity contribution in [3.8, 4) is 11.5 Å². The first kappa shape index (κ1) is 22.2. The highest BCUT2D eigenvalue weighted by Crippen LogP contribution is 2.46. The van der Waals surface area contributed by atoms with Crippen LogP contribution in [0, 0.1) is 11.8 Å². The number of allylic oxidation sites excluding steroid dienone is 2. The first-order chi connectivity index (χ1) is 15.6. The number of rotatable bonds is 8. The molecule has 2 aliphatic rings. The van der Waals surface area contributed by atoms with Crippen molar-refractivity contribution >= 4 is 11.9 Å². The Kier molecular flexibility index (Phi) is 6.66. The number of ether oxygens (including phenoxy) is 4. The summed E-state index contributed by atoms with van der Waals surface area (Å²) in [4.78, 5) is 12.8. The van der Waals surface area contributed by atoms with E-state index in [-0.39, 0.29) is 24.4 Å². The zero-order valence-electron chi connectivity index (χ0n) is 18.9. The van der Waals surface area contributed by atoms with Crippen molar-refractivity contribution in [2.75, 3.05) is 21.0 Å². The van der Waals surface area contributed by atoms with Crippen molar-refractivity contribution in [1.82, 2.24) is 0 Å². The lowest BCUT2D eigenvalue weighted by molar-refractivity contribution is -0.123. The molecule has 0 saturated carbocycles. The average molecular weight is 435 g/mol. The van der Waals surface area contributed by atoms with E-state index >= 15 is 0 Å². The van der Waals surface area contributed by atoms with Gasteiger partial charge in [0.2, 0.25) is 0 Å². The van der Waals surface area contributed by atoms with E-state index in [0.29, 0.717) is 30.1 Å². The fourth-order valence-corrected chi connectivity index (χ4v) is 4.67. The Morgan fingerprint density at radius 2 is 1.91 bits per heavy atom. The maximum Gasteiger partial charge on any atom is 0.189 e. The van der Waals surface area contributed by atoms with Gasteiger partial charge in [-0.05, 0) is 48.4 Å². The summed E-state index contributed by atoms with van der Waals surface area (Å²) in [6.07, 6.45) is 7.86. The normalized spacial score (nSPS) is 23.4. The summed E-state index contributed by atoms with van der Waals surface area (Å²) in [6, 6.07) is 16.1. The summed E-state index contributed by atoms with van der Waals surface area (Å²) in [6.45, 7) is 2.34. The second-order valence-corrected chi connectivity index (χ2v) is 8.45. The molecule has 1 fully saturated rings. The van der Waals surface area contributed by atoms with Gasteiger partial charge in [0, 0.05) is 12.0 Å². The Morgan fingerprint density at radius 3 is 2.66 bits per heavy atom. The smallest absolute Gasteiger partial charge is 0.189 e. The van der Waals surface area contributed by atoms with E-state index < -0.39 is 5.60 Å². The molecule has 0 amide bonds. The lowest BCUT2D eigenvalue weighted by atomic mass is 9.71. The number of hydrogen-bond acceptors (Lipinski definition) is 5. The van der Waals surface area contributed by atoms with Gasteiger partial charge in [-0.3, -0.25) is 4.79 Å². The number of hydrogen-bond donors (Lipinski definition) is 0. The van der Waals surface area contributed by atoms with Gasteiger partial charge in [0.25, 0.3) is 0 Å². The maximum absolute atomic E-state index is 12.8. The molecule has 4 rings (SSSR count). The first-order valence-electron chi connectivity index (χ1n) is 11.0. The molecule has 3 atom stereocenters. The fourth-order valence-electron chi connectivity index (χ4n) is 4.67. The predicted molar refractivity (Wildman–Crippen MR) is 123 cm³/mol. The molecule has 1 aliphatic carbocycles. The number of methoxy groups -OCH3 is 2. The van der Waals surface area contributed by atoms with Crippen molar-refractivity contribution in [3.63, 3.8) is 0 Å². The Bertz CT molecular complexity index is 1010. The minimum atomic E-state index is -0.591. The summed E-state index contributed by atoms with van der Waals surface area (Å²) in [7, 11) is 3.27. The molecule has 0 radical (unpaired) electrons. The Morgan fingerprint density at radius 1 is 1.12 bits per heavy atom. The molecule has 1 aliphatic heterocycles. The van der Waals surface area contributed by atoms with Gasteiger partial charge >= 0.3 is 0 Å². The molecule has 0 bridgehead atoms. The Labute approximate surface area is 189 Å². The number of carbonyl (C=O) groups excluding carboxylic acids is 1. The highest BCUT2D eigenvalue weighted by atomic mass is 16.7. The largest absolute Gasteiger partial charge is 0.493 e. The third kappa shape index (κ3) is 4.44. The molecule has 0 unspecified atom stereocenters. The number of ketones is 1. The quantitative estimate of drug-likeness (QED) is 0.571. The van der Waals surface area contributed by atoms with E-state index in [9.17, 15) is 4.79 Å². The fraction of sp³-hybridized carbons (Fsp3) is 0.370. The standard InChI is InChI=1S/C27H30O5/c1-19(14-21-12-13-24(29-2)25(15-21)30-3)27-17-22(23(28)16-26(27)31-18-32-27)11-7-10-20-8-5-4-6-9-20/h4-10,12-13,15-16,19,22H,11,14,17-18H2,1-3H3/t19-,22-,27+/m0/s1. The van der Waals surface area contributed by atoms with Crippen LogP contribution in [0.5, 0.6) is 11.5 Å². The monoisotopic (exact) mass is 434 g/mol. The Hall–Kier alpha value is -3.05. The van der Waals surface area contributed by atoms with E-state index in [1.807, 2.05) is 36.4 Å². The maximum atomic E-state index is 12.8. The summed E-state index contributed by atoms with van der Waals surface area (Å²) in [5.74, 6) is 2.17. The van der Waals surface area contributed by atoms with E-state index in [4.69, 9.17) is 18.9 Å². The van der Waals surface area contributed by atoms with Crippen molar-refractivity contribution in [1.29, 1.82) is 0 Å². The summed E-state index contributed by atoms with van der Waals surface area (Å²) in [5, 5.41) is 0. The second kappa shape index (κ2) is 9.61. The average Bonchev–Trinajstić information content (AvgIpc) is 3.23. The second-order valence-electron chi connectivity index (χ2n) is 8.45. The van der Waals surface area contributed by atoms with Crippen LogP contribution in [-0.2, 0) is 20.7 Å². The van der Waals surface area contributed by atoms with Gasteiger partial charge in [0.1, 0.15) is 11.4 Å². The molecule has 5 nitrogen and oxygen atoms in total. The molecule has 2 aromatic rings. The molecular weight excluding hydrogens is 404 g/mol.